The first-order chi connectivity index (χ1) is 15.0. The third kappa shape index (κ3) is 3.80. The Kier molecular flexibility index (Phi) is 4.97. The van der Waals surface area contributed by atoms with E-state index < -0.39 is 12.7 Å². The molecule has 4 heterocycles. The number of halogens is 2. The number of fused-ring (bicyclic) bond motifs is 2. The predicted molar refractivity (Wildman–Crippen MR) is 109 cm³/mol. The molecule has 9 nitrogen and oxygen atoms in total. The number of alkyl halides is 2. The molecule has 5 rings (SSSR count). The summed E-state index contributed by atoms with van der Waals surface area (Å²) in [5.74, 6) is 0.608. The van der Waals surface area contributed by atoms with E-state index in [0.29, 0.717) is 18.8 Å². The Morgan fingerprint density at radius 2 is 2.00 bits per heavy atom. The largest absolute Gasteiger partial charge is 0.345 e. The zero-order valence-corrected chi connectivity index (χ0v) is 17.2. The first-order valence-electron chi connectivity index (χ1n) is 10.2. The molecule has 1 fully saturated rings. The highest BCUT2D eigenvalue weighted by atomic mass is 19.3. The number of nitrogens with one attached hydrogen (secondary N) is 1. The van der Waals surface area contributed by atoms with Crippen LogP contribution in [0.1, 0.15) is 42.9 Å². The van der Waals surface area contributed by atoms with Crippen LogP contribution in [0, 0.1) is 6.92 Å². The van der Waals surface area contributed by atoms with Crippen LogP contribution in [0.3, 0.4) is 0 Å². The molecule has 162 valence electrons. The van der Waals surface area contributed by atoms with Crippen LogP contribution < -0.4 is 5.32 Å². The Balaban J connectivity index is 1.42. The number of hydrogen-bond acceptors (Lipinski definition) is 7. The highest BCUT2D eigenvalue weighted by molar-refractivity contribution is 5.79. The monoisotopic (exact) mass is 428 g/mol. The maximum atomic E-state index is 12.5. The van der Waals surface area contributed by atoms with E-state index in [9.17, 15) is 8.78 Å². The minimum atomic E-state index is -2.72. The summed E-state index contributed by atoms with van der Waals surface area (Å²) >= 11 is 0. The van der Waals surface area contributed by atoms with Gasteiger partial charge in [0.1, 0.15) is 17.4 Å². The fraction of sp³-hybridized carbons (Fsp3) is 0.450. The van der Waals surface area contributed by atoms with E-state index >= 15 is 0 Å². The van der Waals surface area contributed by atoms with Crippen molar-refractivity contribution in [2.75, 3.05) is 5.32 Å². The maximum absolute atomic E-state index is 12.5. The minimum Gasteiger partial charge on any atom is -0.323 e. The van der Waals surface area contributed by atoms with Crippen molar-refractivity contribution >= 4 is 28.3 Å². The van der Waals surface area contributed by atoms with Crippen LogP contribution in [0.2, 0.25) is 0 Å². The molecule has 4 aromatic heterocycles. The third-order valence-electron chi connectivity index (χ3n) is 5.84. The molecule has 1 saturated carbocycles. The third-order valence-corrected chi connectivity index (χ3v) is 5.84. The molecule has 0 bridgehead atoms. The molecular formula is C20H22F2N8O. The molecule has 11 heteroatoms. The molecule has 0 aliphatic heterocycles. The second-order valence-electron chi connectivity index (χ2n) is 7.86. The van der Waals surface area contributed by atoms with Gasteiger partial charge in [0.25, 0.3) is 0 Å². The molecule has 0 spiro atoms. The second-order valence-corrected chi connectivity index (χ2v) is 7.86. The number of hydrogen-bond donors (Lipinski definition) is 1. The average molecular weight is 428 g/mol. The topological polar surface area (TPSA) is 95.1 Å². The molecule has 1 N–H and O–H groups in total. The molecule has 0 unspecified atom stereocenters. The van der Waals surface area contributed by atoms with E-state index in [1.807, 2.05) is 26.2 Å². The predicted octanol–water partition coefficient (Wildman–Crippen LogP) is 3.72. The zero-order chi connectivity index (χ0) is 21.5. The van der Waals surface area contributed by atoms with Gasteiger partial charge in [-0.2, -0.15) is 19.0 Å². The number of pyridine rings is 1. The molecule has 1 aliphatic rings. The van der Waals surface area contributed by atoms with Gasteiger partial charge in [-0.1, -0.05) is 0 Å². The zero-order valence-electron chi connectivity index (χ0n) is 17.2. The summed E-state index contributed by atoms with van der Waals surface area (Å²) in [6, 6.07) is 1.93. The van der Waals surface area contributed by atoms with Crippen LogP contribution in [0.15, 0.2) is 24.8 Å². The van der Waals surface area contributed by atoms with E-state index in [4.69, 9.17) is 4.98 Å². The van der Waals surface area contributed by atoms with Crippen molar-refractivity contribution in [2.24, 2.45) is 7.05 Å². The Hall–Kier alpha value is -3.21. The second kappa shape index (κ2) is 7.80. The lowest BCUT2D eigenvalue weighted by molar-refractivity contribution is -0.170. The van der Waals surface area contributed by atoms with E-state index in [1.165, 1.54) is 6.33 Å². The lowest BCUT2D eigenvalue weighted by atomic mass is 9.85. The van der Waals surface area contributed by atoms with Crippen LogP contribution in [-0.4, -0.2) is 47.1 Å². The number of aromatic nitrogens is 7. The number of ether oxygens (including phenoxy) is 1. The lowest BCUT2D eigenvalue weighted by Crippen LogP contribution is -2.23. The van der Waals surface area contributed by atoms with Crippen molar-refractivity contribution < 1.29 is 13.5 Å². The summed E-state index contributed by atoms with van der Waals surface area (Å²) in [4.78, 5) is 13.4. The standard InChI is InChI=1S/C20H22F2N8O/c1-11-7-16-24-10-25-30(16)9-14(11)26-20-23-8-15-18(27-20)17(28-29(15)2)12-3-5-13(6-4-12)31-19(21)22/h7-10,12-13,19H,3-6H2,1-2H3,(H,23,26,27)/t12-,13-. The summed E-state index contributed by atoms with van der Waals surface area (Å²) in [7, 11) is 1.86. The normalized spacial score (nSPS) is 19.5. The Bertz CT molecular complexity index is 1230. The van der Waals surface area contributed by atoms with Crippen molar-refractivity contribution in [2.45, 2.75) is 51.2 Å². The van der Waals surface area contributed by atoms with Gasteiger partial charge in [0, 0.05) is 13.0 Å². The molecule has 0 atom stereocenters. The fourth-order valence-electron chi connectivity index (χ4n) is 4.23. The average Bonchev–Trinajstić information content (AvgIpc) is 3.32. The van der Waals surface area contributed by atoms with Gasteiger partial charge in [-0.05, 0) is 44.2 Å². The lowest BCUT2D eigenvalue weighted by Gasteiger charge is -2.27. The van der Waals surface area contributed by atoms with Crippen molar-refractivity contribution in [3.63, 3.8) is 0 Å². The summed E-state index contributed by atoms with van der Waals surface area (Å²) in [6.45, 7) is -0.746. The van der Waals surface area contributed by atoms with Gasteiger partial charge in [0.05, 0.1) is 29.9 Å². The first kappa shape index (κ1) is 19.7. The smallest absolute Gasteiger partial charge is 0.323 e. The molecule has 4 aromatic rings. The quantitative estimate of drug-likeness (QED) is 0.518. The van der Waals surface area contributed by atoms with Crippen molar-refractivity contribution in [3.05, 3.63) is 36.0 Å². The summed E-state index contributed by atoms with van der Waals surface area (Å²) < 4.78 is 33.1. The minimum absolute atomic E-state index is 0.150. The maximum Gasteiger partial charge on any atom is 0.345 e. The highest BCUT2D eigenvalue weighted by Gasteiger charge is 2.28. The van der Waals surface area contributed by atoms with Crippen molar-refractivity contribution in [1.82, 2.24) is 34.3 Å². The SMILES string of the molecule is Cc1cc2ncnn2cc1Nc1ncc2c(n1)c([C@H]1CC[C@H](OC(F)F)CC1)nn2C. The number of anilines is 2. The Morgan fingerprint density at radius 1 is 1.19 bits per heavy atom. The van der Waals surface area contributed by atoms with Crippen LogP contribution >= 0.6 is 0 Å². The summed E-state index contributed by atoms with van der Waals surface area (Å²) in [6.07, 6.45) is 7.34. The highest BCUT2D eigenvalue weighted by Crippen LogP contribution is 2.36. The fourth-order valence-corrected chi connectivity index (χ4v) is 4.23. The summed E-state index contributed by atoms with van der Waals surface area (Å²) in [5, 5.41) is 12.1. The van der Waals surface area contributed by atoms with Gasteiger partial charge >= 0.3 is 6.61 Å². The molecule has 0 aromatic carbocycles. The van der Waals surface area contributed by atoms with Crippen LogP contribution in [0.4, 0.5) is 20.4 Å². The van der Waals surface area contributed by atoms with Gasteiger partial charge in [-0.3, -0.25) is 4.68 Å². The molecule has 0 saturated heterocycles. The van der Waals surface area contributed by atoms with E-state index in [1.54, 1.807) is 15.4 Å². The van der Waals surface area contributed by atoms with E-state index in [0.717, 1.165) is 46.5 Å². The molecule has 31 heavy (non-hydrogen) atoms. The van der Waals surface area contributed by atoms with Gasteiger partial charge in [0.2, 0.25) is 5.95 Å². The number of nitrogens with zero attached hydrogens (tertiary/aromatic N) is 7. The van der Waals surface area contributed by atoms with Crippen molar-refractivity contribution in [3.8, 4) is 0 Å². The van der Waals surface area contributed by atoms with Crippen LogP contribution in [0.5, 0.6) is 0 Å². The van der Waals surface area contributed by atoms with Crippen LogP contribution in [0.25, 0.3) is 16.7 Å². The van der Waals surface area contributed by atoms with E-state index in [-0.39, 0.29) is 5.92 Å². The first-order valence-corrected chi connectivity index (χ1v) is 10.2. The number of rotatable bonds is 5. The van der Waals surface area contributed by atoms with Gasteiger partial charge in [0.15, 0.2) is 5.65 Å². The Morgan fingerprint density at radius 3 is 2.77 bits per heavy atom. The van der Waals surface area contributed by atoms with Gasteiger partial charge in [-0.25, -0.2) is 19.5 Å². The molecular weight excluding hydrogens is 406 g/mol. The molecule has 1 aliphatic carbocycles. The Labute approximate surface area is 176 Å². The van der Waals surface area contributed by atoms with Crippen molar-refractivity contribution in [1.29, 1.82) is 0 Å². The molecule has 0 radical (unpaired) electrons. The van der Waals surface area contributed by atoms with Gasteiger partial charge < -0.3 is 10.1 Å². The van der Waals surface area contributed by atoms with E-state index in [2.05, 4.69) is 30.2 Å². The molecule has 0 amide bonds. The van der Waals surface area contributed by atoms with Gasteiger partial charge in [-0.15, -0.1) is 0 Å². The summed E-state index contributed by atoms with van der Waals surface area (Å²) in [5.41, 5.74) is 5.07. The number of aryl methyl sites for hydroxylation is 2. The van der Waals surface area contributed by atoms with Crippen LogP contribution in [-0.2, 0) is 11.8 Å².